The molecule has 0 aromatic carbocycles. The smallest absolute Gasteiger partial charge is 0.259 e. The Bertz CT molecular complexity index is 1140. The number of nitrogens with zero attached hydrogens (tertiary/aromatic N) is 4. The molecule has 1 atom stereocenters. The summed E-state index contributed by atoms with van der Waals surface area (Å²) in [7, 11) is 1.89. The van der Waals surface area contributed by atoms with Crippen molar-refractivity contribution in [3.8, 4) is 11.5 Å². The van der Waals surface area contributed by atoms with E-state index in [1.165, 1.54) is 0 Å². The fraction of sp³-hybridized carbons (Fsp3) is 0.300. The lowest BCUT2D eigenvalue weighted by atomic mass is 10.1. The van der Waals surface area contributed by atoms with E-state index in [2.05, 4.69) is 20.6 Å². The van der Waals surface area contributed by atoms with Crippen molar-refractivity contribution in [1.29, 1.82) is 0 Å². The monoisotopic (exact) mass is 379 g/mol. The van der Waals surface area contributed by atoms with E-state index in [4.69, 9.17) is 8.94 Å². The van der Waals surface area contributed by atoms with E-state index in [1.807, 2.05) is 27.1 Å². The van der Waals surface area contributed by atoms with Crippen molar-refractivity contribution in [3.63, 3.8) is 0 Å². The molecule has 0 saturated carbocycles. The Morgan fingerprint density at radius 3 is 2.82 bits per heavy atom. The maximum absolute atomic E-state index is 13.1. The van der Waals surface area contributed by atoms with Crippen molar-refractivity contribution in [3.05, 3.63) is 53.2 Å². The number of hydrogen-bond acceptors (Lipinski definition) is 6. The van der Waals surface area contributed by atoms with E-state index in [0.29, 0.717) is 40.2 Å². The molecule has 8 heteroatoms. The first-order valence-electron chi connectivity index (χ1n) is 9.03. The van der Waals surface area contributed by atoms with E-state index in [-0.39, 0.29) is 11.9 Å². The summed E-state index contributed by atoms with van der Waals surface area (Å²) in [4.78, 5) is 17.5. The van der Waals surface area contributed by atoms with Gasteiger partial charge < -0.3 is 14.3 Å². The zero-order chi connectivity index (χ0) is 19.8. The Kier molecular flexibility index (Phi) is 4.46. The number of fused-ring (bicyclic) bond motifs is 1. The fourth-order valence-electron chi connectivity index (χ4n) is 3.36. The molecule has 4 aromatic heterocycles. The van der Waals surface area contributed by atoms with E-state index in [9.17, 15) is 4.79 Å². The molecule has 144 valence electrons. The Morgan fingerprint density at radius 2 is 2.14 bits per heavy atom. The maximum atomic E-state index is 13.1. The van der Waals surface area contributed by atoms with Crippen molar-refractivity contribution in [2.45, 2.75) is 33.2 Å². The second-order valence-corrected chi connectivity index (χ2v) is 6.97. The first kappa shape index (κ1) is 18.0. The molecule has 0 bridgehead atoms. The second kappa shape index (κ2) is 6.95. The maximum Gasteiger partial charge on any atom is 0.259 e. The van der Waals surface area contributed by atoms with Gasteiger partial charge in [0.05, 0.1) is 28.6 Å². The molecule has 0 aliphatic heterocycles. The van der Waals surface area contributed by atoms with Gasteiger partial charge in [0.15, 0.2) is 5.76 Å². The molecule has 0 saturated heterocycles. The lowest BCUT2D eigenvalue weighted by Crippen LogP contribution is -2.34. The Labute approximate surface area is 161 Å². The molecule has 1 N–H and O–H groups in total. The minimum Gasteiger partial charge on any atom is -0.463 e. The van der Waals surface area contributed by atoms with Crippen molar-refractivity contribution >= 4 is 17.0 Å². The summed E-state index contributed by atoms with van der Waals surface area (Å²) in [6.07, 6.45) is 4.22. The summed E-state index contributed by atoms with van der Waals surface area (Å²) in [6, 6.07) is 5.19. The third-order valence-corrected chi connectivity index (χ3v) is 4.65. The molecule has 0 unspecified atom stereocenters. The first-order valence-corrected chi connectivity index (χ1v) is 9.03. The number of aryl methyl sites for hydroxylation is 3. The van der Waals surface area contributed by atoms with Crippen LogP contribution >= 0.6 is 0 Å². The summed E-state index contributed by atoms with van der Waals surface area (Å²) in [5.41, 5.74) is 3.98. The quantitative estimate of drug-likeness (QED) is 0.572. The summed E-state index contributed by atoms with van der Waals surface area (Å²) in [5, 5.41) is 12.0. The summed E-state index contributed by atoms with van der Waals surface area (Å²) < 4.78 is 12.5. The van der Waals surface area contributed by atoms with Crippen LogP contribution in [0.3, 0.4) is 0 Å². The van der Waals surface area contributed by atoms with Crippen LogP contribution in [0.1, 0.15) is 34.2 Å². The van der Waals surface area contributed by atoms with Gasteiger partial charge in [0.25, 0.3) is 11.6 Å². The fourth-order valence-corrected chi connectivity index (χ4v) is 3.36. The van der Waals surface area contributed by atoms with Crippen LogP contribution in [0.15, 0.2) is 39.6 Å². The SMILES string of the molecule is Cc1nn(C)cc1C[C@@H](C)NC(=O)c1cc(-c2ccco2)nc2onc(C)c12. The van der Waals surface area contributed by atoms with Crippen LogP contribution in [0.25, 0.3) is 22.6 Å². The minimum absolute atomic E-state index is 0.0779. The molecule has 4 heterocycles. The molecule has 4 rings (SSSR count). The van der Waals surface area contributed by atoms with E-state index < -0.39 is 0 Å². The number of carbonyl (C=O) groups is 1. The number of hydrogen-bond donors (Lipinski definition) is 1. The predicted octanol–water partition coefficient (Wildman–Crippen LogP) is 3.19. The van der Waals surface area contributed by atoms with Crippen molar-refractivity contribution in [1.82, 2.24) is 25.2 Å². The predicted molar refractivity (Wildman–Crippen MR) is 103 cm³/mol. The van der Waals surface area contributed by atoms with Gasteiger partial charge in [-0.05, 0) is 51.0 Å². The number of carbonyl (C=O) groups excluding carboxylic acids is 1. The third kappa shape index (κ3) is 3.28. The number of furan rings is 1. The van der Waals surface area contributed by atoms with Gasteiger partial charge in [-0.15, -0.1) is 0 Å². The van der Waals surface area contributed by atoms with Gasteiger partial charge in [0.2, 0.25) is 0 Å². The minimum atomic E-state index is -0.208. The molecule has 4 aromatic rings. The highest BCUT2D eigenvalue weighted by Gasteiger charge is 2.21. The number of pyridine rings is 1. The average Bonchev–Trinajstić information content (AvgIpc) is 3.36. The standard InChI is InChI=1S/C20H21N5O3/c1-11(8-14-10-25(4)23-12(14)2)21-19(26)15-9-16(17-6-5-7-27-17)22-20-18(15)13(3)24-28-20/h5-7,9-11H,8H2,1-4H3,(H,21,26)/t11-/m1/s1. The number of amides is 1. The van der Waals surface area contributed by atoms with Crippen LogP contribution in [0, 0.1) is 13.8 Å². The number of aromatic nitrogens is 4. The van der Waals surface area contributed by atoms with Crippen LogP contribution in [-0.4, -0.2) is 31.9 Å². The average molecular weight is 379 g/mol. The molecule has 28 heavy (non-hydrogen) atoms. The van der Waals surface area contributed by atoms with Crippen LogP contribution < -0.4 is 5.32 Å². The third-order valence-electron chi connectivity index (χ3n) is 4.65. The highest BCUT2D eigenvalue weighted by atomic mass is 16.5. The van der Waals surface area contributed by atoms with E-state index >= 15 is 0 Å². The van der Waals surface area contributed by atoms with E-state index in [1.54, 1.807) is 36.1 Å². The van der Waals surface area contributed by atoms with Gasteiger partial charge >= 0.3 is 0 Å². The molecule has 8 nitrogen and oxygen atoms in total. The van der Waals surface area contributed by atoms with Gasteiger partial charge in [-0.2, -0.15) is 5.10 Å². The molecular weight excluding hydrogens is 358 g/mol. The number of nitrogens with one attached hydrogen (secondary N) is 1. The molecule has 0 radical (unpaired) electrons. The normalized spacial score (nSPS) is 12.4. The molecule has 0 aliphatic carbocycles. The Balaban J connectivity index is 1.64. The van der Waals surface area contributed by atoms with Crippen molar-refractivity contribution in [2.24, 2.45) is 7.05 Å². The molecule has 1 amide bonds. The van der Waals surface area contributed by atoms with Crippen LogP contribution in [-0.2, 0) is 13.5 Å². The highest BCUT2D eigenvalue weighted by Crippen LogP contribution is 2.27. The summed E-state index contributed by atoms with van der Waals surface area (Å²) in [5.74, 6) is 0.351. The van der Waals surface area contributed by atoms with Crippen LogP contribution in [0.5, 0.6) is 0 Å². The van der Waals surface area contributed by atoms with Gasteiger partial charge in [-0.25, -0.2) is 4.98 Å². The molecular formula is C20H21N5O3. The lowest BCUT2D eigenvalue weighted by Gasteiger charge is -2.14. The summed E-state index contributed by atoms with van der Waals surface area (Å²) >= 11 is 0. The van der Waals surface area contributed by atoms with E-state index in [0.717, 1.165) is 11.3 Å². The summed E-state index contributed by atoms with van der Waals surface area (Å²) in [6.45, 7) is 5.72. The zero-order valence-electron chi connectivity index (χ0n) is 16.2. The molecule has 0 aliphatic rings. The van der Waals surface area contributed by atoms with Crippen molar-refractivity contribution < 1.29 is 13.7 Å². The zero-order valence-corrected chi connectivity index (χ0v) is 16.2. The molecule has 0 spiro atoms. The van der Waals surface area contributed by atoms with Gasteiger partial charge in [-0.3, -0.25) is 9.48 Å². The second-order valence-electron chi connectivity index (χ2n) is 6.97. The van der Waals surface area contributed by atoms with Gasteiger partial charge in [-0.1, -0.05) is 5.16 Å². The Hall–Kier alpha value is -3.42. The topological polar surface area (TPSA) is 99.0 Å². The van der Waals surface area contributed by atoms with Crippen LogP contribution in [0.4, 0.5) is 0 Å². The Morgan fingerprint density at radius 1 is 1.32 bits per heavy atom. The molecule has 0 fully saturated rings. The van der Waals surface area contributed by atoms with Gasteiger partial charge in [0.1, 0.15) is 5.69 Å². The van der Waals surface area contributed by atoms with Gasteiger partial charge in [0, 0.05) is 19.3 Å². The highest BCUT2D eigenvalue weighted by molar-refractivity contribution is 6.07. The lowest BCUT2D eigenvalue weighted by molar-refractivity contribution is 0.0941. The number of rotatable bonds is 5. The first-order chi connectivity index (χ1) is 13.4. The largest absolute Gasteiger partial charge is 0.463 e. The van der Waals surface area contributed by atoms with Crippen molar-refractivity contribution in [2.75, 3.05) is 0 Å². The van der Waals surface area contributed by atoms with Crippen LogP contribution in [0.2, 0.25) is 0 Å².